The number of esters is 1. The fourth-order valence-electron chi connectivity index (χ4n) is 3.40. The first-order valence-electron chi connectivity index (χ1n) is 8.43. The van der Waals surface area contributed by atoms with Crippen LogP contribution in [0.1, 0.15) is 5.56 Å². The number of Topliss-reactive ketones (excluding diaryl/α,β-unsaturated/α-hetero) is 1. The van der Waals surface area contributed by atoms with Gasteiger partial charge in [0.15, 0.2) is 17.2 Å². The molecule has 29 heavy (non-hydrogen) atoms. The molecule has 1 amide bonds. The van der Waals surface area contributed by atoms with Gasteiger partial charge in [-0.2, -0.15) is 0 Å². The van der Waals surface area contributed by atoms with Crippen LogP contribution in [0.5, 0.6) is 17.2 Å². The molecule has 0 aliphatic carbocycles. The summed E-state index contributed by atoms with van der Waals surface area (Å²) in [6.07, 6.45) is 0. The summed E-state index contributed by atoms with van der Waals surface area (Å²) in [6.45, 7) is 0. The third-order valence-corrected chi connectivity index (χ3v) is 4.78. The first-order valence-corrected chi connectivity index (χ1v) is 8.43. The van der Waals surface area contributed by atoms with E-state index in [1.54, 1.807) is 12.1 Å². The third kappa shape index (κ3) is 2.41. The molecule has 0 saturated carbocycles. The molecule has 4 rings (SSSR count). The molecule has 0 spiro atoms. The smallest absolute Gasteiger partial charge is 0.371 e. The van der Waals surface area contributed by atoms with E-state index in [0.29, 0.717) is 10.6 Å². The molecule has 0 bridgehead atoms. The Morgan fingerprint density at radius 1 is 1.03 bits per heavy atom. The lowest BCUT2D eigenvalue weighted by Gasteiger charge is -2.36. The molecule has 1 saturated heterocycles. The van der Waals surface area contributed by atoms with Crippen molar-refractivity contribution >= 4 is 29.1 Å². The maximum Gasteiger partial charge on any atom is 0.371 e. The summed E-state index contributed by atoms with van der Waals surface area (Å²) in [5, 5.41) is 21.9. The van der Waals surface area contributed by atoms with Crippen molar-refractivity contribution in [2.45, 2.75) is 5.72 Å². The maximum atomic E-state index is 12.7. The number of carbonyl (C=O) groups excluding carboxylic acids is 3. The van der Waals surface area contributed by atoms with E-state index in [1.165, 1.54) is 44.6 Å². The Labute approximate surface area is 164 Å². The predicted octanol–water partition coefficient (Wildman–Crippen LogP) is 1.20. The SMILES string of the molecule is COc1ccc(/C(O)=C2\C(=O)C(=O)N3c4ccccc4OC(=O)C23O)cc1OC. The van der Waals surface area contributed by atoms with Crippen LogP contribution in [-0.2, 0) is 14.4 Å². The predicted molar refractivity (Wildman–Crippen MR) is 98.6 cm³/mol. The molecule has 148 valence electrons. The highest BCUT2D eigenvalue weighted by Crippen LogP contribution is 2.46. The van der Waals surface area contributed by atoms with E-state index in [2.05, 4.69) is 0 Å². The number of anilines is 1. The standard InChI is InChI=1S/C20H15NO8/c1-27-13-8-7-10(9-14(13)28-2)16(22)15-17(23)18(24)21-11-5-3-4-6-12(11)29-19(25)20(15,21)26/h3-9,22,26H,1-2H3/b16-15-. The van der Waals surface area contributed by atoms with Crippen LogP contribution in [0.2, 0.25) is 0 Å². The number of ketones is 1. The molecule has 2 aromatic carbocycles. The van der Waals surface area contributed by atoms with Crippen molar-refractivity contribution in [3.05, 3.63) is 53.6 Å². The van der Waals surface area contributed by atoms with Crippen molar-refractivity contribution < 1.29 is 38.8 Å². The van der Waals surface area contributed by atoms with Gasteiger partial charge in [-0.05, 0) is 30.3 Å². The van der Waals surface area contributed by atoms with Crippen molar-refractivity contribution in [1.29, 1.82) is 0 Å². The Balaban J connectivity index is 1.94. The average molecular weight is 397 g/mol. The Hall–Kier alpha value is -3.85. The van der Waals surface area contributed by atoms with Gasteiger partial charge in [0.1, 0.15) is 11.3 Å². The zero-order valence-electron chi connectivity index (χ0n) is 15.3. The van der Waals surface area contributed by atoms with Crippen molar-refractivity contribution in [2.75, 3.05) is 19.1 Å². The molecule has 0 aromatic heterocycles. The van der Waals surface area contributed by atoms with Crippen molar-refractivity contribution in [3.8, 4) is 17.2 Å². The summed E-state index contributed by atoms with van der Waals surface area (Å²) in [6, 6.07) is 10.1. The second-order valence-electron chi connectivity index (χ2n) is 6.29. The lowest BCUT2D eigenvalue weighted by atomic mass is 9.96. The Kier molecular flexibility index (Phi) is 4.05. The van der Waals surface area contributed by atoms with Crippen LogP contribution in [-0.4, -0.2) is 47.8 Å². The number of nitrogens with zero attached hydrogens (tertiary/aromatic N) is 1. The molecular formula is C20H15NO8. The van der Waals surface area contributed by atoms with Gasteiger partial charge in [-0.25, -0.2) is 4.79 Å². The van der Waals surface area contributed by atoms with Crippen LogP contribution in [0.15, 0.2) is 48.0 Å². The Morgan fingerprint density at radius 2 is 1.72 bits per heavy atom. The maximum absolute atomic E-state index is 12.7. The number of hydrogen-bond donors (Lipinski definition) is 2. The normalized spacial score (nSPS) is 22.0. The van der Waals surface area contributed by atoms with Crippen molar-refractivity contribution in [1.82, 2.24) is 0 Å². The monoisotopic (exact) mass is 397 g/mol. The molecule has 1 unspecified atom stereocenters. The number of amides is 1. The summed E-state index contributed by atoms with van der Waals surface area (Å²) < 4.78 is 15.4. The number of carbonyl (C=O) groups is 3. The van der Waals surface area contributed by atoms with E-state index in [4.69, 9.17) is 14.2 Å². The first-order chi connectivity index (χ1) is 13.8. The van der Waals surface area contributed by atoms with E-state index in [-0.39, 0.29) is 22.7 Å². The highest BCUT2D eigenvalue weighted by Gasteiger charge is 2.65. The Morgan fingerprint density at radius 3 is 2.41 bits per heavy atom. The quantitative estimate of drug-likeness (QED) is 0.260. The second kappa shape index (κ2) is 6.35. The van der Waals surface area contributed by atoms with E-state index in [0.717, 1.165) is 0 Å². The minimum Gasteiger partial charge on any atom is -0.507 e. The lowest BCUT2D eigenvalue weighted by molar-refractivity contribution is -0.153. The van der Waals surface area contributed by atoms with Gasteiger partial charge in [0.05, 0.1) is 19.9 Å². The molecule has 2 aromatic rings. The van der Waals surface area contributed by atoms with Gasteiger partial charge in [0.2, 0.25) is 0 Å². The van der Waals surface area contributed by atoms with Crippen LogP contribution in [0.4, 0.5) is 5.69 Å². The molecule has 9 heteroatoms. The van der Waals surface area contributed by atoms with E-state index in [1.807, 2.05) is 0 Å². The highest BCUT2D eigenvalue weighted by molar-refractivity contribution is 6.54. The molecule has 2 aliphatic rings. The number of aliphatic hydroxyl groups excluding tert-OH is 1. The minimum absolute atomic E-state index is 0.00943. The summed E-state index contributed by atoms with van der Waals surface area (Å²) >= 11 is 0. The van der Waals surface area contributed by atoms with Gasteiger partial charge < -0.3 is 24.4 Å². The van der Waals surface area contributed by atoms with Gasteiger partial charge in [0, 0.05) is 5.56 Å². The molecule has 1 fully saturated rings. The molecule has 9 nitrogen and oxygen atoms in total. The fourth-order valence-corrected chi connectivity index (χ4v) is 3.40. The van der Waals surface area contributed by atoms with Crippen molar-refractivity contribution in [3.63, 3.8) is 0 Å². The molecule has 2 N–H and O–H groups in total. The second-order valence-corrected chi connectivity index (χ2v) is 6.29. The van der Waals surface area contributed by atoms with Crippen LogP contribution in [0.3, 0.4) is 0 Å². The summed E-state index contributed by atoms with van der Waals surface area (Å²) in [7, 11) is 2.80. The number of rotatable bonds is 3. The molecule has 2 heterocycles. The number of fused-ring (bicyclic) bond motifs is 3. The zero-order chi connectivity index (χ0) is 20.9. The highest BCUT2D eigenvalue weighted by atomic mass is 16.6. The third-order valence-electron chi connectivity index (χ3n) is 4.78. The van der Waals surface area contributed by atoms with Gasteiger partial charge in [-0.3, -0.25) is 14.5 Å². The molecule has 1 atom stereocenters. The van der Waals surface area contributed by atoms with E-state index in [9.17, 15) is 24.6 Å². The number of benzene rings is 2. The summed E-state index contributed by atoms with van der Waals surface area (Å²) in [4.78, 5) is 38.6. The van der Waals surface area contributed by atoms with Crippen molar-refractivity contribution in [2.24, 2.45) is 0 Å². The van der Waals surface area contributed by atoms with Crippen LogP contribution in [0, 0.1) is 0 Å². The van der Waals surface area contributed by atoms with E-state index < -0.39 is 34.7 Å². The van der Waals surface area contributed by atoms with Crippen LogP contribution < -0.4 is 19.1 Å². The fraction of sp³-hybridized carbons (Fsp3) is 0.150. The summed E-state index contributed by atoms with van der Waals surface area (Å²) in [5.41, 5.74) is -3.54. The lowest BCUT2D eigenvalue weighted by Crippen LogP contribution is -2.57. The largest absolute Gasteiger partial charge is 0.507 e. The molecular weight excluding hydrogens is 382 g/mol. The first kappa shape index (κ1) is 18.5. The average Bonchev–Trinajstić information content (AvgIpc) is 2.94. The Bertz CT molecular complexity index is 1110. The number of aliphatic hydroxyl groups is 2. The van der Waals surface area contributed by atoms with Crippen LogP contribution in [0.25, 0.3) is 5.76 Å². The minimum atomic E-state index is -2.81. The van der Waals surface area contributed by atoms with Gasteiger partial charge >= 0.3 is 11.9 Å². The number of hydrogen-bond acceptors (Lipinski definition) is 8. The molecule has 0 radical (unpaired) electrons. The van der Waals surface area contributed by atoms with Crippen LogP contribution >= 0.6 is 0 Å². The summed E-state index contributed by atoms with van der Waals surface area (Å²) in [5.74, 6) is -3.84. The van der Waals surface area contributed by atoms with Gasteiger partial charge in [-0.15, -0.1) is 0 Å². The van der Waals surface area contributed by atoms with Gasteiger partial charge in [0.25, 0.3) is 11.5 Å². The zero-order valence-corrected chi connectivity index (χ0v) is 15.3. The number of ether oxygens (including phenoxy) is 3. The van der Waals surface area contributed by atoms with E-state index >= 15 is 0 Å². The molecule has 2 aliphatic heterocycles. The van der Waals surface area contributed by atoms with Gasteiger partial charge in [-0.1, -0.05) is 12.1 Å². The number of para-hydroxylation sites is 2. The number of methoxy groups -OCH3 is 2. The topological polar surface area (TPSA) is 123 Å².